The van der Waals surface area contributed by atoms with E-state index in [1.807, 2.05) is 31.2 Å². The minimum atomic E-state index is -1.27. The highest BCUT2D eigenvalue weighted by Gasteiger charge is 2.56. The molecule has 11 heteroatoms. The van der Waals surface area contributed by atoms with Gasteiger partial charge in [-0.05, 0) is 30.2 Å². The number of thiazole rings is 1. The van der Waals surface area contributed by atoms with Crippen molar-refractivity contribution in [3.63, 3.8) is 0 Å². The SMILES string of the molecule is COc1cc([C@@H]2c3sc(=O)[nH]c3SC3C(=O)N(CC(=O)O)C(=O)C32)ccc1OCc1ccc(C)cc1. The highest BCUT2D eigenvalue weighted by Crippen LogP contribution is 2.53. The molecule has 2 N–H and O–H groups in total. The van der Waals surface area contributed by atoms with Crippen LogP contribution in [0.5, 0.6) is 11.5 Å². The summed E-state index contributed by atoms with van der Waals surface area (Å²) >= 11 is 2.09. The molecule has 0 saturated carbocycles. The number of carboxylic acids is 1. The van der Waals surface area contributed by atoms with E-state index in [1.165, 1.54) is 7.11 Å². The van der Waals surface area contributed by atoms with E-state index >= 15 is 0 Å². The number of likely N-dealkylation sites (tertiary alicyclic amines) is 1. The van der Waals surface area contributed by atoms with Crippen LogP contribution in [0, 0.1) is 12.8 Å². The smallest absolute Gasteiger partial charge is 0.323 e. The van der Waals surface area contributed by atoms with Crippen LogP contribution in [-0.4, -0.2) is 51.7 Å². The third kappa shape index (κ3) is 4.28. The van der Waals surface area contributed by atoms with Gasteiger partial charge in [0.05, 0.1) is 18.1 Å². The highest BCUT2D eigenvalue weighted by molar-refractivity contribution is 8.00. The molecule has 1 saturated heterocycles. The van der Waals surface area contributed by atoms with Gasteiger partial charge in [0, 0.05) is 10.8 Å². The average molecular weight is 527 g/mol. The Morgan fingerprint density at radius 3 is 2.53 bits per heavy atom. The zero-order chi connectivity index (χ0) is 25.6. The molecule has 2 unspecified atom stereocenters. The van der Waals surface area contributed by atoms with Crippen molar-refractivity contribution in [3.05, 3.63) is 73.7 Å². The summed E-state index contributed by atoms with van der Waals surface area (Å²) in [5.41, 5.74) is 2.81. The molecule has 2 aliphatic rings. The predicted molar refractivity (Wildman–Crippen MR) is 133 cm³/mol. The lowest BCUT2D eigenvalue weighted by atomic mass is 9.83. The molecule has 36 heavy (non-hydrogen) atoms. The Balaban J connectivity index is 1.50. The summed E-state index contributed by atoms with van der Waals surface area (Å²) in [6, 6.07) is 13.2. The number of aromatic nitrogens is 1. The zero-order valence-corrected chi connectivity index (χ0v) is 21.0. The van der Waals surface area contributed by atoms with Gasteiger partial charge in [0.2, 0.25) is 11.8 Å². The first-order chi connectivity index (χ1) is 17.3. The number of nitrogens with zero attached hydrogens (tertiary/aromatic N) is 1. The lowest BCUT2D eigenvalue weighted by Crippen LogP contribution is -2.36. The lowest BCUT2D eigenvalue weighted by molar-refractivity contribution is -0.149. The Kier molecular flexibility index (Phi) is 6.35. The summed E-state index contributed by atoms with van der Waals surface area (Å²) in [6.45, 7) is 1.65. The third-order valence-electron chi connectivity index (χ3n) is 6.27. The Bertz CT molecular complexity index is 1410. The topological polar surface area (TPSA) is 126 Å². The van der Waals surface area contributed by atoms with Gasteiger partial charge in [-0.25, -0.2) is 0 Å². The van der Waals surface area contributed by atoms with E-state index in [0.29, 0.717) is 33.6 Å². The Hall–Kier alpha value is -3.57. The predicted octanol–water partition coefficient (Wildman–Crippen LogP) is 3.01. The van der Waals surface area contributed by atoms with Gasteiger partial charge in [0.1, 0.15) is 18.4 Å². The second-order valence-electron chi connectivity index (χ2n) is 8.59. The number of imide groups is 1. The summed E-state index contributed by atoms with van der Waals surface area (Å²) in [5, 5.41) is 8.90. The van der Waals surface area contributed by atoms with Gasteiger partial charge in [0.25, 0.3) is 0 Å². The molecule has 2 aromatic carbocycles. The molecule has 0 bridgehead atoms. The van der Waals surface area contributed by atoms with Crippen molar-refractivity contribution < 1.29 is 29.0 Å². The van der Waals surface area contributed by atoms with Crippen LogP contribution < -0.4 is 14.3 Å². The number of amides is 2. The van der Waals surface area contributed by atoms with Crippen LogP contribution in [0.2, 0.25) is 0 Å². The number of nitrogens with one attached hydrogen (secondary N) is 1. The first-order valence-electron chi connectivity index (χ1n) is 11.1. The number of carboxylic acid groups (broad SMARTS) is 1. The number of carbonyl (C=O) groups excluding carboxylic acids is 2. The van der Waals surface area contributed by atoms with Crippen molar-refractivity contribution in [1.82, 2.24) is 9.88 Å². The number of hydrogen-bond donors (Lipinski definition) is 2. The largest absolute Gasteiger partial charge is 0.493 e. The van der Waals surface area contributed by atoms with Gasteiger partial charge in [-0.1, -0.05) is 59.0 Å². The van der Waals surface area contributed by atoms with Gasteiger partial charge in [-0.2, -0.15) is 0 Å². The van der Waals surface area contributed by atoms with E-state index in [-0.39, 0.29) is 4.87 Å². The van der Waals surface area contributed by atoms with Gasteiger partial charge in [-0.15, -0.1) is 0 Å². The molecular weight excluding hydrogens is 504 g/mol. The maximum Gasteiger partial charge on any atom is 0.323 e. The van der Waals surface area contributed by atoms with Crippen molar-refractivity contribution in [2.75, 3.05) is 13.7 Å². The Morgan fingerprint density at radius 2 is 1.83 bits per heavy atom. The summed E-state index contributed by atoms with van der Waals surface area (Å²) in [7, 11) is 1.51. The molecule has 3 aromatic rings. The molecule has 0 radical (unpaired) electrons. The number of benzene rings is 2. The number of aliphatic carboxylic acids is 1. The van der Waals surface area contributed by atoms with Crippen molar-refractivity contribution in [2.45, 2.75) is 29.7 Å². The summed E-state index contributed by atoms with van der Waals surface area (Å²) < 4.78 is 11.6. The number of ether oxygens (including phenoxy) is 2. The molecule has 3 atom stereocenters. The van der Waals surface area contributed by atoms with Crippen LogP contribution in [-0.2, 0) is 21.0 Å². The fraction of sp³-hybridized carbons (Fsp3) is 0.280. The summed E-state index contributed by atoms with van der Waals surface area (Å²) in [4.78, 5) is 53.6. The van der Waals surface area contributed by atoms with Gasteiger partial charge < -0.3 is 19.6 Å². The molecule has 0 spiro atoms. The van der Waals surface area contributed by atoms with Crippen molar-refractivity contribution >= 4 is 40.9 Å². The third-order valence-corrected chi connectivity index (χ3v) is 8.67. The standard InChI is InChI=1S/C25H22N2O7S2/c1-12-3-5-13(6-4-12)11-34-15-8-7-14(9-16(15)33-2)18-19-21(35-22-20(18)36-25(32)26-22)24(31)27(23(19)30)10-17(28)29/h3-9,18-19,21H,10-11H2,1-2H3,(H,26,32)(H,28,29)/t18-,19?,21?/m0/s1. The number of aromatic amines is 1. The molecule has 0 aliphatic carbocycles. The number of thioether (sulfide) groups is 1. The molecule has 2 aliphatic heterocycles. The molecule has 5 rings (SSSR count). The Labute approximate surface area is 214 Å². The van der Waals surface area contributed by atoms with Crippen LogP contribution >= 0.6 is 23.1 Å². The quantitative estimate of drug-likeness (QED) is 0.450. The second kappa shape index (κ2) is 9.47. The van der Waals surface area contributed by atoms with Crippen molar-refractivity contribution in [2.24, 2.45) is 5.92 Å². The first kappa shape index (κ1) is 24.1. The van der Waals surface area contributed by atoms with E-state index in [1.54, 1.807) is 18.2 Å². The first-order valence-corrected chi connectivity index (χ1v) is 12.8. The van der Waals surface area contributed by atoms with E-state index < -0.39 is 41.4 Å². The second-order valence-corrected chi connectivity index (χ2v) is 10.8. The molecule has 186 valence electrons. The number of fused-ring (bicyclic) bond motifs is 2. The van der Waals surface area contributed by atoms with E-state index in [9.17, 15) is 24.3 Å². The molecule has 9 nitrogen and oxygen atoms in total. The summed E-state index contributed by atoms with van der Waals surface area (Å²) in [5.74, 6) is -2.90. The highest BCUT2D eigenvalue weighted by atomic mass is 32.2. The van der Waals surface area contributed by atoms with Crippen LogP contribution in [0.4, 0.5) is 0 Å². The van der Waals surface area contributed by atoms with Crippen LogP contribution in [0.1, 0.15) is 27.5 Å². The van der Waals surface area contributed by atoms with Gasteiger partial charge in [-0.3, -0.25) is 24.1 Å². The van der Waals surface area contributed by atoms with E-state index in [4.69, 9.17) is 9.47 Å². The van der Waals surface area contributed by atoms with Crippen LogP contribution in [0.3, 0.4) is 0 Å². The molecule has 2 amide bonds. The molecule has 1 aromatic heterocycles. The zero-order valence-electron chi connectivity index (χ0n) is 19.3. The molecular formula is C25H22N2O7S2. The number of hydrogen-bond acceptors (Lipinski definition) is 8. The molecule has 3 heterocycles. The average Bonchev–Trinajstić information content (AvgIpc) is 3.34. The minimum Gasteiger partial charge on any atom is -0.493 e. The maximum atomic E-state index is 13.3. The maximum absolute atomic E-state index is 13.3. The van der Waals surface area contributed by atoms with Crippen LogP contribution in [0.15, 0.2) is 52.3 Å². The van der Waals surface area contributed by atoms with E-state index in [0.717, 1.165) is 39.1 Å². The van der Waals surface area contributed by atoms with E-state index in [2.05, 4.69) is 4.98 Å². The lowest BCUT2D eigenvalue weighted by Gasteiger charge is -2.30. The fourth-order valence-corrected chi connectivity index (χ4v) is 7.10. The monoisotopic (exact) mass is 526 g/mol. The number of aryl methyl sites for hydroxylation is 1. The normalized spacial score (nSPS) is 20.7. The van der Waals surface area contributed by atoms with Crippen LogP contribution in [0.25, 0.3) is 0 Å². The van der Waals surface area contributed by atoms with Gasteiger partial charge in [0.15, 0.2) is 11.5 Å². The van der Waals surface area contributed by atoms with Gasteiger partial charge >= 0.3 is 10.8 Å². The fourth-order valence-electron chi connectivity index (χ4n) is 4.57. The number of carbonyl (C=O) groups is 3. The van der Waals surface area contributed by atoms with Crippen molar-refractivity contribution in [1.29, 1.82) is 0 Å². The summed E-state index contributed by atoms with van der Waals surface area (Å²) in [6.07, 6.45) is 0. The number of H-pyrrole nitrogens is 1. The number of rotatable bonds is 7. The van der Waals surface area contributed by atoms with Crippen molar-refractivity contribution in [3.8, 4) is 11.5 Å². The molecule has 1 fully saturated rings. The minimum absolute atomic E-state index is 0.287. The number of methoxy groups -OCH3 is 1. The Morgan fingerprint density at radius 1 is 1.08 bits per heavy atom.